The van der Waals surface area contributed by atoms with Gasteiger partial charge in [0.1, 0.15) is 0 Å². The SMILES string of the molecule is O=C(C1CCOCC1)N1CCc2nc3ccncc3cc2C1. The molecular weight excluding hydrogens is 278 g/mol. The molecule has 5 heteroatoms. The number of aromatic nitrogens is 2. The lowest BCUT2D eigenvalue weighted by atomic mass is 9.96. The fraction of sp³-hybridized carbons (Fsp3) is 0.471. The van der Waals surface area contributed by atoms with Crippen molar-refractivity contribution in [3.63, 3.8) is 0 Å². The molecule has 22 heavy (non-hydrogen) atoms. The molecule has 0 unspecified atom stereocenters. The summed E-state index contributed by atoms with van der Waals surface area (Å²) in [5, 5.41) is 1.04. The van der Waals surface area contributed by atoms with Crippen LogP contribution in [0.15, 0.2) is 24.5 Å². The fourth-order valence-corrected chi connectivity index (χ4v) is 3.37. The predicted octanol–water partition coefficient (Wildman–Crippen LogP) is 1.94. The third-order valence-electron chi connectivity index (χ3n) is 4.65. The molecular formula is C17H19N3O2. The van der Waals surface area contributed by atoms with E-state index in [4.69, 9.17) is 9.72 Å². The molecule has 1 saturated heterocycles. The molecule has 1 amide bonds. The highest BCUT2D eigenvalue weighted by Gasteiger charge is 2.29. The molecule has 2 aliphatic heterocycles. The van der Waals surface area contributed by atoms with Gasteiger partial charge in [0.25, 0.3) is 0 Å². The standard InChI is InChI=1S/C17H19N3O2/c21-17(12-3-7-22-8-4-12)20-6-2-16-14(11-20)9-13-10-18-5-1-15(13)19-16/h1,5,9-10,12H,2-4,6-8,11H2. The number of pyridine rings is 2. The molecule has 4 rings (SSSR count). The number of carbonyl (C=O) groups excluding carboxylic acids is 1. The average molecular weight is 297 g/mol. The minimum Gasteiger partial charge on any atom is -0.381 e. The van der Waals surface area contributed by atoms with Gasteiger partial charge in [-0.05, 0) is 30.5 Å². The third kappa shape index (κ3) is 2.46. The summed E-state index contributed by atoms with van der Waals surface area (Å²) in [5.41, 5.74) is 3.26. The van der Waals surface area contributed by atoms with E-state index >= 15 is 0 Å². The van der Waals surface area contributed by atoms with Gasteiger partial charge in [0.05, 0.1) is 5.52 Å². The van der Waals surface area contributed by atoms with E-state index in [9.17, 15) is 4.79 Å². The number of ether oxygens (including phenoxy) is 1. The van der Waals surface area contributed by atoms with Crippen LogP contribution in [0.4, 0.5) is 0 Å². The third-order valence-corrected chi connectivity index (χ3v) is 4.65. The van der Waals surface area contributed by atoms with Gasteiger partial charge in [-0.3, -0.25) is 14.8 Å². The highest BCUT2D eigenvalue weighted by Crippen LogP contribution is 2.25. The van der Waals surface area contributed by atoms with Crippen LogP contribution in [0.5, 0.6) is 0 Å². The van der Waals surface area contributed by atoms with Gasteiger partial charge in [0.2, 0.25) is 5.91 Å². The van der Waals surface area contributed by atoms with E-state index in [2.05, 4.69) is 11.1 Å². The van der Waals surface area contributed by atoms with E-state index in [1.165, 1.54) is 0 Å². The number of nitrogens with zero attached hydrogens (tertiary/aromatic N) is 3. The molecule has 0 N–H and O–H groups in total. The monoisotopic (exact) mass is 297 g/mol. The lowest BCUT2D eigenvalue weighted by molar-refractivity contribution is -0.139. The Balaban J connectivity index is 1.57. The first-order valence-corrected chi connectivity index (χ1v) is 7.90. The maximum absolute atomic E-state index is 12.7. The van der Waals surface area contributed by atoms with E-state index < -0.39 is 0 Å². The minimum absolute atomic E-state index is 0.130. The number of hydrogen-bond acceptors (Lipinski definition) is 4. The maximum atomic E-state index is 12.7. The molecule has 5 nitrogen and oxygen atoms in total. The van der Waals surface area contributed by atoms with E-state index in [1.54, 1.807) is 6.20 Å². The van der Waals surface area contributed by atoms with Crippen molar-refractivity contribution in [3.8, 4) is 0 Å². The smallest absolute Gasteiger partial charge is 0.226 e. The zero-order chi connectivity index (χ0) is 14.9. The van der Waals surface area contributed by atoms with Crippen LogP contribution in [0.1, 0.15) is 24.1 Å². The van der Waals surface area contributed by atoms with E-state index in [-0.39, 0.29) is 11.8 Å². The molecule has 2 aromatic heterocycles. The summed E-state index contributed by atoms with van der Waals surface area (Å²) >= 11 is 0. The second-order valence-corrected chi connectivity index (χ2v) is 6.06. The quantitative estimate of drug-likeness (QED) is 0.807. The summed E-state index contributed by atoms with van der Waals surface area (Å²) < 4.78 is 5.35. The van der Waals surface area contributed by atoms with Gasteiger partial charge in [-0.2, -0.15) is 0 Å². The van der Waals surface area contributed by atoms with Gasteiger partial charge in [-0.15, -0.1) is 0 Å². The molecule has 0 aliphatic carbocycles. The van der Waals surface area contributed by atoms with Gasteiger partial charge >= 0.3 is 0 Å². The van der Waals surface area contributed by atoms with Crippen molar-refractivity contribution in [2.24, 2.45) is 5.92 Å². The Morgan fingerprint density at radius 3 is 3.05 bits per heavy atom. The van der Waals surface area contributed by atoms with Crippen LogP contribution in [-0.4, -0.2) is 40.5 Å². The average Bonchev–Trinajstić information content (AvgIpc) is 2.59. The maximum Gasteiger partial charge on any atom is 0.226 e. The van der Waals surface area contributed by atoms with E-state index in [0.29, 0.717) is 19.8 Å². The van der Waals surface area contributed by atoms with Crippen LogP contribution in [0, 0.1) is 5.92 Å². The summed E-state index contributed by atoms with van der Waals surface area (Å²) in [7, 11) is 0. The van der Waals surface area contributed by atoms with Gasteiger partial charge in [0, 0.05) is 62.1 Å². The van der Waals surface area contributed by atoms with Crippen molar-refractivity contribution in [1.29, 1.82) is 0 Å². The largest absolute Gasteiger partial charge is 0.381 e. The van der Waals surface area contributed by atoms with Crippen molar-refractivity contribution in [3.05, 3.63) is 35.8 Å². The minimum atomic E-state index is 0.130. The molecule has 0 atom stereocenters. The molecule has 1 fully saturated rings. The van der Waals surface area contributed by atoms with Gasteiger partial charge < -0.3 is 9.64 Å². The first-order valence-electron chi connectivity index (χ1n) is 7.90. The Hall–Kier alpha value is -2.01. The van der Waals surface area contributed by atoms with Crippen molar-refractivity contribution in [2.75, 3.05) is 19.8 Å². The molecule has 2 aliphatic rings. The van der Waals surface area contributed by atoms with Crippen LogP contribution in [0.25, 0.3) is 10.9 Å². The molecule has 4 heterocycles. The Kier molecular flexibility index (Phi) is 3.50. The van der Waals surface area contributed by atoms with Gasteiger partial charge in [0.15, 0.2) is 0 Å². The van der Waals surface area contributed by atoms with Gasteiger partial charge in [-0.25, -0.2) is 0 Å². The van der Waals surface area contributed by atoms with Crippen molar-refractivity contribution >= 4 is 16.8 Å². The molecule has 0 radical (unpaired) electrons. The number of rotatable bonds is 1. The Morgan fingerprint density at radius 2 is 2.18 bits per heavy atom. The number of hydrogen-bond donors (Lipinski definition) is 0. The zero-order valence-corrected chi connectivity index (χ0v) is 12.5. The van der Waals surface area contributed by atoms with Crippen LogP contribution in [0.2, 0.25) is 0 Å². The van der Waals surface area contributed by atoms with Crippen molar-refractivity contribution < 1.29 is 9.53 Å². The Bertz CT molecular complexity index is 710. The summed E-state index contributed by atoms with van der Waals surface area (Å²) in [5.74, 6) is 0.408. The van der Waals surface area contributed by atoms with Crippen LogP contribution >= 0.6 is 0 Å². The summed E-state index contributed by atoms with van der Waals surface area (Å²) in [6.45, 7) is 2.85. The summed E-state index contributed by atoms with van der Waals surface area (Å²) in [6.07, 6.45) is 6.14. The summed E-state index contributed by atoms with van der Waals surface area (Å²) in [4.78, 5) is 23.5. The molecule has 114 valence electrons. The Morgan fingerprint density at radius 1 is 1.32 bits per heavy atom. The number of carbonyl (C=O) groups is 1. The van der Waals surface area contributed by atoms with E-state index in [1.807, 2.05) is 17.2 Å². The fourth-order valence-electron chi connectivity index (χ4n) is 3.37. The second-order valence-electron chi connectivity index (χ2n) is 6.06. The first kappa shape index (κ1) is 13.6. The molecule has 2 aromatic rings. The van der Waals surface area contributed by atoms with Crippen LogP contribution < -0.4 is 0 Å². The normalized spacial score (nSPS) is 19.2. The van der Waals surface area contributed by atoms with Crippen LogP contribution in [0.3, 0.4) is 0 Å². The highest BCUT2D eigenvalue weighted by molar-refractivity contribution is 5.81. The molecule has 0 aromatic carbocycles. The number of amides is 1. The zero-order valence-electron chi connectivity index (χ0n) is 12.5. The number of fused-ring (bicyclic) bond motifs is 2. The van der Waals surface area contributed by atoms with Crippen molar-refractivity contribution in [2.45, 2.75) is 25.8 Å². The lowest BCUT2D eigenvalue weighted by Crippen LogP contribution is -2.41. The van der Waals surface area contributed by atoms with Crippen LogP contribution in [-0.2, 0) is 22.5 Å². The molecule has 0 saturated carbocycles. The molecule has 0 spiro atoms. The second kappa shape index (κ2) is 5.65. The lowest BCUT2D eigenvalue weighted by Gasteiger charge is -2.32. The highest BCUT2D eigenvalue weighted by atomic mass is 16.5. The van der Waals surface area contributed by atoms with Gasteiger partial charge in [-0.1, -0.05) is 0 Å². The Labute approximate surface area is 129 Å². The topological polar surface area (TPSA) is 55.3 Å². The first-order chi connectivity index (χ1) is 10.8. The van der Waals surface area contributed by atoms with Crippen molar-refractivity contribution in [1.82, 2.24) is 14.9 Å². The molecule has 0 bridgehead atoms. The van der Waals surface area contributed by atoms with E-state index in [0.717, 1.165) is 48.0 Å². The summed E-state index contributed by atoms with van der Waals surface area (Å²) in [6, 6.07) is 4.07. The predicted molar refractivity (Wildman–Crippen MR) is 82.2 cm³/mol.